The highest BCUT2D eigenvalue weighted by Gasteiger charge is 2.19. The maximum absolute atomic E-state index is 12.3. The average Bonchev–Trinajstić information content (AvgIpc) is 3.17. The van der Waals surface area contributed by atoms with Gasteiger partial charge < -0.3 is 23.8 Å². The van der Waals surface area contributed by atoms with Gasteiger partial charge >= 0.3 is 5.97 Å². The molecule has 1 aromatic carbocycles. The van der Waals surface area contributed by atoms with Gasteiger partial charge in [0.05, 0.1) is 33.4 Å². The summed E-state index contributed by atoms with van der Waals surface area (Å²) >= 11 is 1.56. The van der Waals surface area contributed by atoms with Crippen molar-refractivity contribution in [1.29, 1.82) is 0 Å². The molecule has 1 aromatic heterocycles. The fourth-order valence-corrected chi connectivity index (χ4v) is 3.00. The first-order valence-electron chi connectivity index (χ1n) is 7.73. The number of esters is 1. The highest BCUT2D eigenvalue weighted by molar-refractivity contribution is 7.09. The van der Waals surface area contributed by atoms with Crippen LogP contribution in [-0.2, 0) is 16.1 Å². The summed E-state index contributed by atoms with van der Waals surface area (Å²) in [4.78, 5) is 27.0. The molecule has 1 heterocycles. The Kier molecular flexibility index (Phi) is 6.85. The smallest absolute Gasteiger partial charge is 0.338 e. The molecule has 0 saturated heterocycles. The normalized spacial score (nSPS) is 10.2. The van der Waals surface area contributed by atoms with Gasteiger partial charge in [-0.3, -0.25) is 4.79 Å². The second-order valence-corrected chi connectivity index (χ2v) is 6.35. The van der Waals surface area contributed by atoms with Crippen molar-refractivity contribution in [3.05, 3.63) is 40.1 Å². The Morgan fingerprint density at radius 3 is 2.23 bits per heavy atom. The third-order valence-corrected chi connectivity index (χ3v) is 4.49. The second kappa shape index (κ2) is 9.10. The van der Waals surface area contributed by atoms with Crippen molar-refractivity contribution in [3.63, 3.8) is 0 Å². The monoisotopic (exact) mass is 379 g/mol. The lowest BCUT2D eigenvalue weighted by Gasteiger charge is -2.17. The standard InChI is InChI=1S/C18H21NO6S/c1-19(10-13-6-5-7-26-13)16(20)11-25-18(21)12-8-14(22-2)17(24-4)15(9-12)23-3/h5-9H,10-11H2,1-4H3. The number of hydrogen-bond donors (Lipinski definition) is 0. The highest BCUT2D eigenvalue weighted by Crippen LogP contribution is 2.38. The van der Waals surface area contributed by atoms with E-state index in [1.54, 1.807) is 18.4 Å². The summed E-state index contributed by atoms with van der Waals surface area (Å²) < 4.78 is 20.7. The van der Waals surface area contributed by atoms with Gasteiger partial charge in [0.15, 0.2) is 18.1 Å². The van der Waals surface area contributed by atoms with Crippen molar-refractivity contribution in [2.75, 3.05) is 35.0 Å². The minimum absolute atomic E-state index is 0.202. The first kappa shape index (κ1) is 19.6. The molecule has 0 saturated carbocycles. The Labute approximate surface area is 156 Å². The molecule has 0 atom stereocenters. The van der Waals surface area contributed by atoms with Gasteiger partial charge in [-0.05, 0) is 23.6 Å². The van der Waals surface area contributed by atoms with E-state index in [-0.39, 0.29) is 18.1 Å². The molecular formula is C18H21NO6S. The number of nitrogens with zero attached hydrogens (tertiary/aromatic N) is 1. The van der Waals surface area contributed by atoms with Crippen LogP contribution in [0.1, 0.15) is 15.2 Å². The van der Waals surface area contributed by atoms with Gasteiger partial charge in [-0.1, -0.05) is 6.07 Å². The highest BCUT2D eigenvalue weighted by atomic mass is 32.1. The van der Waals surface area contributed by atoms with Gasteiger partial charge in [0.25, 0.3) is 5.91 Å². The van der Waals surface area contributed by atoms with Gasteiger partial charge in [0.2, 0.25) is 5.75 Å². The van der Waals surface area contributed by atoms with Gasteiger partial charge in [-0.25, -0.2) is 4.79 Å². The van der Waals surface area contributed by atoms with Crippen LogP contribution in [0.3, 0.4) is 0 Å². The van der Waals surface area contributed by atoms with E-state index in [9.17, 15) is 9.59 Å². The van der Waals surface area contributed by atoms with Crippen LogP contribution in [0.2, 0.25) is 0 Å². The molecule has 0 bridgehead atoms. The van der Waals surface area contributed by atoms with Crippen LogP contribution < -0.4 is 14.2 Å². The molecule has 2 aromatic rings. The molecule has 0 radical (unpaired) electrons. The maximum atomic E-state index is 12.3. The Morgan fingerprint density at radius 1 is 1.08 bits per heavy atom. The molecule has 0 aliphatic rings. The van der Waals surface area contributed by atoms with Gasteiger partial charge in [-0.15, -0.1) is 11.3 Å². The van der Waals surface area contributed by atoms with Crippen molar-refractivity contribution in [2.24, 2.45) is 0 Å². The molecule has 0 spiro atoms. The molecule has 8 heteroatoms. The summed E-state index contributed by atoms with van der Waals surface area (Å²) in [5.74, 6) is 0.0968. The Balaban J connectivity index is 2.02. The quantitative estimate of drug-likeness (QED) is 0.657. The average molecular weight is 379 g/mol. The topological polar surface area (TPSA) is 74.3 Å². The number of amides is 1. The first-order chi connectivity index (χ1) is 12.5. The minimum atomic E-state index is -0.651. The molecule has 0 fully saturated rings. The number of likely N-dealkylation sites (N-methyl/N-ethyl adjacent to an activating group) is 1. The fraction of sp³-hybridized carbons (Fsp3) is 0.333. The summed E-state index contributed by atoms with van der Waals surface area (Å²) in [6.45, 7) is 0.121. The van der Waals surface area contributed by atoms with Gasteiger partial charge in [-0.2, -0.15) is 0 Å². The van der Waals surface area contributed by atoms with Crippen molar-refractivity contribution < 1.29 is 28.5 Å². The fourth-order valence-electron chi connectivity index (χ4n) is 2.24. The largest absolute Gasteiger partial charge is 0.493 e. The van der Waals surface area contributed by atoms with Crippen LogP contribution in [-0.4, -0.2) is 51.8 Å². The predicted octanol–water partition coefficient (Wildman–Crippen LogP) is 2.59. The number of carbonyl (C=O) groups excluding carboxylic acids is 2. The van der Waals surface area contributed by atoms with Crippen LogP contribution in [0, 0.1) is 0 Å². The van der Waals surface area contributed by atoms with E-state index >= 15 is 0 Å². The molecule has 0 aliphatic carbocycles. The summed E-state index contributed by atoms with van der Waals surface area (Å²) in [7, 11) is 6.04. The number of rotatable bonds is 8. The molecule has 2 rings (SSSR count). The Hall–Kier alpha value is -2.74. The van der Waals surface area contributed by atoms with Crippen LogP contribution in [0.4, 0.5) is 0 Å². The SMILES string of the molecule is COc1cc(C(=O)OCC(=O)N(C)Cc2cccs2)cc(OC)c1OC. The minimum Gasteiger partial charge on any atom is -0.493 e. The molecule has 26 heavy (non-hydrogen) atoms. The zero-order valence-electron chi connectivity index (χ0n) is 15.1. The van der Waals surface area contributed by atoms with E-state index in [0.29, 0.717) is 23.8 Å². The number of benzene rings is 1. The summed E-state index contributed by atoms with van der Waals surface area (Å²) in [5, 5.41) is 1.94. The van der Waals surface area contributed by atoms with E-state index in [0.717, 1.165) is 4.88 Å². The Morgan fingerprint density at radius 2 is 1.73 bits per heavy atom. The second-order valence-electron chi connectivity index (χ2n) is 5.32. The van der Waals surface area contributed by atoms with Crippen LogP contribution in [0.25, 0.3) is 0 Å². The lowest BCUT2D eigenvalue weighted by Crippen LogP contribution is -2.30. The lowest BCUT2D eigenvalue weighted by atomic mass is 10.2. The van der Waals surface area contributed by atoms with E-state index in [1.807, 2.05) is 17.5 Å². The van der Waals surface area contributed by atoms with Crippen molar-refractivity contribution in [1.82, 2.24) is 4.90 Å². The van der Waals surface area contributed by atoms with Gasteiger partial charge in [0.1, 0.15) is 0 Å². The van der Waals surface area contributed by atoms with E-state index < -0.39 is 5.97 Å². The third kappa shape index (κ3) is 4.66. The molecule has 0 N–H and O–H groups in total. The summed E-state index contributed by atoms with van der Waals surface area (Å²) in [6.07, 6.45) is 0. The number of hydrogen-bond acceptors (Lipinski definition) is 7. The van der Waals surface area contributed by atoms with E-state index in [4.69, 9.17) is 18.9 Å². The summed E-state index contributed by atoms with van der Waals surface area (Å²) in [5.41, 5.74) is 0.202. The zero-order chi connectivity index (χ0) is 19.1. The lowest BCUT2D eigenvalue weighted by molar-refractivity contribution is -0.133. The van der Waals surface area contributed by atoms with Crippen LogP contribution in [0.5, 0.6) is 17.2 Å². The first-order valence-corrected chi connectivity index (χ1v) is 8.61. The molecular weight excluding hydrogens is 358 g/mol. The van der Waals surface area contributed by atoms with Crippen molar-refractivity contribution >= 4 is 23.2 Å². The molecule has 0 unspecified atom stereocenters. The van der Waals surface area contributed by atoms with Crippen molar-refractivity contribution in [3.8, 4) is 17.2 Å². The molecule has 140 valence electrons. The molecule has 1 amide bonds. The number of ether oxygens (including phenoxy) is 4. The molecule has 0 aliphatic heterocycles. The maximum Gasteiger partial charge on any atom is 0.338 e. The zero-order valence-corrected chi connectivity index (χ0v) is 15.9. The van der Waals surface area contributed by atoms with Crippen LogP contribution in [0.15, 0.2) is 29.6 Å². The van der Waals surface area contributed by atoms with Gasteiger partial charge in [0, 0.05) is 11.9 Å². The number of methoxy groups -OCH3 is 3. The number of thiophene rings is 1. The predicted molar refractivity (Wildman–Crippen MR) is 97.2 cm³/mol. The molecule has 7 nitrogen and oxygen atoms in total. The van der Waals surface area contributed by atoms with E-state index in [2.05, 4.69) is 0 Å². The van der Waals surface area contributed by atoms with E-state index in [1.165, 1.54) is 38.4 Å². The Bertz CT molecular complexity index is 734. The number of carbonyl (C=O) groups is 2. The van der Waals surface area contributed by atoms with Crippen LogP contribution >= 0.6 is 11.3 Å². The van der Waals surface area contributed by atoms with Crippen molar-refractivity contribution in [2.45, 2.75) is 6.54 Å². The third-order valence-electron chi connectivity index (χ3n) is 3.63. The summed E-state index contributed by atoms with van der Waals surface area (Å²) in [6, 6.07) is 6.81.